The van der Waals surface area contributed by atoms with E-state index in [0.717, 1.165) is 6.42 Å². The van der Waals surface area contributed by atoms with Crippen LogP contribution in [0.3, 0.4) is 0 Å². The number of rotatable bonds is 9. The van der Waals surface area contributed by atoms with Gasteiger partial charge in [0.2, 0.25) is 11.8 Å². The lowest BCUT2D eigenvalue weighted by molar-refractivity contribution is -0.121. The predicted molar refractivity (Wildman–Crippen MR) is 97.4 cm³/mol. The van der Waals surface area contributed by atoms with E-state index in [1.165, 1.54) is 36.0 Å². The third-order valence-corrected chi connectivity index (χ3v) is 4.49. The van der Waals surface area contributed by atoms with E-state index < -0.39 is 0 Å². The van der Waals surface area contributed by atoms with Gasteiger partial charge < -0.3 is 16.4 Å². The Hall–Kier alpha value is -1.60. The molecular formula is C17H26FN3O2S. The molecule has 2 amide bonds. The minimum atomic E-state index is -0.358. The number of hydrogen-bond donors (Lipinski definition) is 3. The molecule has 5 nitrogen and oxygen atoms in total. The number of halogens is 1. The molecule has 0 heterocycles. The van der Waals surface area contributed by atoms with Gasteiger partial charge in [0.25, 0.3) is 0 Å². The van der Waals surface area contributed by atoms with E-state index in [2.05, 4.69) is 24.5 Å². The van der Waals surface area contributed by atoms with Crippen LogP contribution < -0.4 is 16.4 Å². The van der Waals surface area contributed by atoms with Crippen LogP contribution in [-0.4, -0.2) is 35.4 Å². The van der Waals surface area contributed by atoms with Crippen LogP contribution in [0.1, 0.15) is 27.2 Å². The van der Waals surface area contributed by atoms with Crippen LogP contribution in [0.2, 0.25) is 0 Å². The molecule has 0 bridgehead atoms. The molecule has 24 heavy (non-hydrogen) atoms. The Morgan fingerprint density at radius 3 is 2.38 bits per heavy atom. The van der Waals surface area contributed by atoms with Crippen LogP contribution >= 0.6 is 11.8 Å². The van der Waals surface area contributed by atoms with E-state index in [4.69, 9.17) is 5.73 Å². The monoisotopic (exact) mass is 355 g/mol. The number of anilines is 1. The predicted octanol–water partition coefficient (Wildman–Crippen LogP) is 2.38. The molecule has 4 N–H and O–H groups in total. The first kappa shape index (κ1) is 20.4. The second kappa shape index (κ2) is 10.3. The highest BCUT2D eigenvalue weighted by Crippen LogP contribution is 2.14. The molecule has 0 fully saturated rings. The van der Waals surface area contributed by atoms with Crippen LogP contribution in [0, 0.1) is 11.7 Å². The highest BCUT2D eigenvalue weighted by atomic mass is 32.2. The van der Waals surface area contributed by atoms with Gasteiger partial charge in [0.1, 0.15) is 5.82 Å². The maximum Gasteiger partial charge on any atom is 0.234 e. The molecule has 0 aromatic heterocycles. The SMILES string of the molecule is CC(C)CC(CN)NC(=O)C(C)SCC(=O)Nc1ccc(F)cc1. The standard InChI is InChI=1S/C17H26FN3O2S/c1-11(2)8-15(9-19)21-17(23)12(3)24-10-16(22)20-14-6-4-13(18)5-7-14/h4-7,11-12,15H,8-10,19H2,1-3H3,(H,20,22)(H,21,23). The largest absolute Gasteiger partial charge is 0.351 e. The third kappa shape index (κ3) is 7.79. The van der Waals surface area contributed by atoms with Crippen molar-refractivity contribution in [3.8, 4) is 0 Å². The molecule has 134 valence electrons. The Kier molecular flexibility index (Phi) is 8.78. The average molecular weight is 355 g/mol. The smallest absolute Gasteiger partial charge is 0.234 e. The fourth-order valence-corrected chi connectivity index (χ4v) is 2.80. The molecule has 0 saturated carbocycles. The summed E-state index contributed by atoms with van der Waals surface area (Å²) in [5, 5.41) is 5.23. The van der Waals surface area contributed by atoms with E-state index in [9.17, 15) is 14.0 Å². The highest BCUT2D eigenvalue weighted by Gasteiger charge is 2.19. The third-order valence-electron chi connectivity index (χ3n) is 3.35. The van der Waals surface area contributed by atoms with Crippen molar-refractivity contribution in [1.82, 2.24) is 5.32 Å². The lowest BCUT2D eigenvalue weighted by Gasteiger charge is -2.21. The topological polar surface area (TPSA) is 84.2 Å². The van der Waals surface area contributed by atoms with Gasteiger partial charge in [-0.15, -0.1) is 11.8 Å². The van der Waals surface area contributed by atoms with E-state index in [1.54, 1.807) is 6.92 Å². The molecule has 1 rings (SSSR count). The fourth-order valence-electron chi connectivity index (χ4n) is 2.11. The molecule has 0 saturated heterocycles. The van der Waals surface area contributed by atoms with Gasteiger partial charge >= 0.3 is 0 Å². The summed E-state index contributed by atoms with van der Waals surface area (Å²) in [5.74, 6) is -0.120. The van der Waals surface area contributed by atoms with Crippen LogP contribution in [0.15, 0.2) is 24.3 Å². The van der Waals surface area contributed by atoms with Crippen molar-refractivity contribution < 1.29 is 14.0 Å². The Morgan fingerprint density at radius 2 is 1.83 bits per heavy atom. The quantitative estimate of drug-likeness (QED) is 0.635. The number of nitrogens with two attached hydrogens (primary N) is 1. The number of amides is 2. The number of nitrogens with one attached hydrogen (secondary N) is 2. The van der Waals surface area contributed by atoms with Gasteiger partial charge in [-0.05, 0) is 43.5 Å². The first-order chi connectivity index (χ1) is 11.3. The minimum absolute atomic E-state index is 0.0476. The summed E-state index contributed by atoms with van der Waals surface area (Å²) in [4.78, 5) is 24.0. The van der Waals surface area contributed by atoms with Crippen LogP contribution in [0.5, 0.6) is 0 Å². The zero-order chi connectivity index (χ0) is 18.1. The molecule has 0 aliphatic heterocycles. The van der Waals surface area contributed by atoms with Gasteiger partial charge in [0, 0.05) is 18.3 Å². The van der Waals surface area contributed by atoms with E-state index >= 15 is 0 Å². The van der Waals surface area contributed by atoms with Crippen molar-refractivity contribution in [3.05, 3.63) is 30.1 Å². The molecule has 2 unspecified atom stereocenters. The summed E-state index contributed by atoms with van der Waals surface area (Å²) in [6.45, 7) is 6.31. The van der Waals surface area contributed by atoms with Crippen molar-refractivity contribution in [2.45, 2.75) is 38.5 Å². The van der Waals surface area contributed by atoms with Crippen molar-refractivity contribution in [2.24, 2.45) is 11.7 Å². The fraction of sp³-hybridized carbons (Fsp3) is 0.529. The van der Waals surface area contributed by atoms with Crippen molar-refractivity contribution >= 4 is 29.3 Å². The Bertz CT molecular complexity index is 537. The number of carbonyl (C=O) groups excluding carboxylic acids is 2. The van der Waals surface area contributed by atoms with Gasteiger partial charge in [0.15, 0.2) is 0 Å². The molecule has 0 aliphatic carbocycles. The molecule has 2 atom stereocenters. The number of benzene rings is 1. The average Bonchev–Trinajstić information content (AvgIpc) is 2.53. The number of hydrogen-bond acceptors (Lipinski definition) is 4. The van der Waals surface area contributed by atoms with Gasteiger partial charge in [-0.25, -0.2) is 4.39 Å². The maximum absolute atomic E-state index is 12.8. The van der Waals surface area contributed by atoms with E-state index in [0.29, 0.717) is 18.2 Å². The van der Waals surface area contributed by atoms with Crippen LogP contribution in [-0.2, 0) is 9.59 Å². The van der Waals surface area contributed by atoms with Crippen molar-refractivity contribution in [1.29, 1.82) is 0 Å². The summed E-state index contributed by atoms with van der Waals surface area (Å²) in [5.41, 5.74) is 6.20. The van der Waals surface area contributed by atoms with Gasteiger partial charge in [-0.3, -0.25) is 9.59 Å². The zero-order valence-electron chi connectivity index (χ0n) is 14.3. The summed E-state index contributed by atoms with van der Waals surface area (Å²) in [6.07, 6.45) is 0.824. The number of thioether (sulfide) groups is 1. The summed E-state index contributed by atoms with van der Waals surface area (Å²) < 4.78 is 12.8. The molecular weight excluding hydrogens is 329 g/mol. The Labute approximate surface area is 146 Å². The summed E-state index contributed by atoms with van der Waals surface area (Å²) in [6, 6.07) is 5.49. The van der Waals surface area contributed by atoms with Gasteiger partial charge in [0.05, 0.1) is 11.0 Å². The van der Waals surface area contributed by atoms with E-state index in [1.807, 2.05) is 0 Å². The molecule has 0 spiro atoms. The number of carbonyl (C=O) groups is 2. The second-order valence-corrected chi connectivity index (χ2v) is 7.41. The zero-order valence-corrected chi connectivity index (χ0v) is 15.2. The first-order valence-corrected chi connectivity index (χ1v) is 9.04. The highest BCUT2D eigenvalue weighted by molar-refractivity contribution is 8.01. The minimum Gasteiger partial charge on any atom is -0.351 e. The molecule has 1 aromatic carbocycles. The molecule has 0 aliphatic rings. The van der Waals surface area contributed by atoms with Crippen LogP contribution in [0.25, 0.3) is 0 Å². The molecule has 1 aromatic rings. The Balaban J connectivity index is 2.38. The normalized spacial score (nSPS) is 13.4. The van der Waals surface area contributed by atoms with E-state index in [-0.39, 0.29) is 34.7 Å². The summed E-state index contributed by atoms with van der Waals surface area (Å²) >= 11 is 1.25. The maximum atomic E-state index is 12.8. The molecule has 7 heteroatoms. The Morgan fingerprint density at radius 1 is 1.21 bits per heavy atom. The van der Waals surface area contributed by atoms with Gasteiger partial charge in [-0.2, -0.15) is 0 Å². The lowest BCUT2D eigenvalue weighted by atomic mass is 10.0. The van der Waals surface area contributed by atoms with Crippen LogP contribution in [0.4, 0.5) is 10.1 Å². The van der Waals surface area contributed by atoms with Crippen molar-refractivity contribution in [3.63, 3.8) is 0 Å². The van der Waals surface area contributed by atoms with Gasteiger partial charge in [-0.1, -0.05) is 13.8 Å². The summed E-state index contributed by atoms with van der Waals surface area (Å²) in [7, 11) is 0. The first-order valence-electron chi connectivity index (χ1n) is 7.99. The lowest BCUT2D eigenvalue weighted by Crippen LogP contribution is -2.44. The van der Waals surface area contributed by atoms with Crippen molar-refractivity contribution in [2.75, 3.05) is 17.6 Å². The molecule has 0 radical (unpaired) electrons. The second-order valence-electron chi connectivity index (χ2n) is 6.08.